The average molecular weight is 207 g/mol. The third-order valence-electron chi connectivity index (χ3n) is 0.999. The minimum atomic E-state index is 0. The molecule has 0 heterocycles. The Morgan fingerprint density at radius 3 is 2.30 bits per heavy atom. The Morgan fingerprint density at radius 2 is 1.80 bits per heavy atom. The van der Waals surface area contributed by atoms with E-state index in [0.29, 0.717) is 6.41 Å². The fourth-order valence-electron chi connectivity index (χ4n) is 0.602. The van der Waals surface area contributed by atoms with Crippen LogP contribution in [0.3, 0.4) is 0 Å². The van der Waals surface area contributed by atoms with Crippen molar-refractivity contribution in [2.75, 3.05) is 5.32 Å². The summed E-state index contributed by atoms with van der Waals surface area (Å²) < 4.78 is 0. The fourth-order valence-corrected chi connectivity index (χ4v) is 0.602. The molecule has 0 bridgehead atoms. The number of carbonyl (C=O) groups excluding carboxylic acids is 1. The van der Waals surface area contributed by atoms with Crippen molar-refractivity contribution in [3.05, 3.63) is 30.3 Å². The maximum absolute atomic E-state index is 9.86. The molecule has 1 amide bonds. The SMILES string of the molecule is O=CNc1ccccc1.[Rb]. The van der Waals surface area contributed by atoms with E-state index in [1.54, 1.807) is 0 Å². The summed E-state index contributed by atoms with van der Waals surface area (Å²) in [5.74, 6) is 0. The van der Waals surface area contributed by atoms with Gasteiger partial charge in [-0.1, -0.05) is 18.2 Å². The van der Waals surface area contributed by atoms with Gasteiger partial charge in [0.25, 0.3) is 0 Å². The van der Waals surface area contributed by atoms with Crippen molar-refractivity contribution in [1.82, 2.24) is 0 Å². The Morgan fingerprint density at radius 1 is 1.20 bits per heavy atom. The van der Waals surface area contributed by atoms with Crippen LogP contribution >= 0.6 is 0 Å². The molecule has 0 aliphatic carbocycles. The van der Waals surface area contributed by atoms with Gasteiger partial charge in [-0.2, -0.15) is 0 Å². The quantitative estimate of drug-likeness (QED) is 0.715. The van der Waals surface area contributed by atoms with Crippen molar-refractivity contribution >= 4 is 70.3 Å². The largest absolute Gasteiger partial charge is 0.329 e. The molecular formula is C7H7NORb. The molecule has 0 saturated heterocycles. The third-order valence-corrected chi connectivity index (χ3v) is 0.999. The third kappa shape index (κ3) is 3.61. The molecule has 3 heteroatoms. The van der Waals surface area contributed by atoms with Crippen molar-refractivity contribution in [3.63, 3.8) is 0 Å². The van der Waals surface area contributed by atoms with E-state index in [1.165, 1.54) is 0 Å². The zero-order valence-corrected chi connectivity index (χ0v) is 10.8. The first-order valence-electron chi connectivity index (χ1n) is 2.69. The van der Waals surface area contributed by atoms with E-state index in [2.05, 4.69) is 5.32 Å². The second-order valence-corrected chi connectivity index (χ2v) is 1.63. The molecule has 0 aromatic heterocycles. The molecule has 0 atom stereocenters. The van der Waals surface area contributed by atoms with E-state index in [-0.39, 0.29) is 58.2 Å². The molecule has 0 saturated carbocycles. The van der Waals surface area contributed by atoms with Crippen LogP contribution in [-0.4, -0.2) is 64.6 Å². The topological polar surface area (TPSA) is 29.1 Å². The normalized spacial score (nSPS) is 7.60. The first-order chi connectivity index (χ1) is 4.43. The van der Waals surface area contributed by atoms with Gasteiger partial charge in [0, 0.05) is 63.9 Å². The Labute approximate surface area is 109 Å². The molecule has 2 nitrogen and oxygen atoms in total. The zero-order chi connectivity index (χ0) is 6.53. The molecule has 1 radical (unpaired) electrons. The number of carbonyl (C=O) groups is 1. The number of nitrogens with one attached hydrogen (secondary N) is 1. The molecule has 1 N–H and O–H groups in total. The first-order valence-corrected chi connectivity index (χ1v) is 2.69. The summed E-state index contributed by atoms with van der Waals surface area (Å²) in [4.78, 5) is 9.86. The van der Waals surface area contributed by atoms with Crippen molar-refractivity contribution in [3.8, 4) is 0 Å². The van der Waals surface area contributed by atoms with Crippen LogP contribution in [0.1, 0.15) is 0 Å². The van der Waals surface area contributed by atoms with Crippen LogP contribution in [0.25, 0.3) is 0 Å². The first kappa shape index (κ1) is 10.5. The van der Waals surface area contributed by atoms with E-state index in [0.717, 1.165) is 5.69 Å². The molecule has 1 rings (SSSR count). The van der Waals surface area contributed by atoms with Gasteiger partial charge in [0.1, 0.15) is 0 Å². The van der Waals surface area contributed by atoms with Gasteiger partial charge >= 0.3 is 0 Å². The molecule has 10 heavy (non-hydrogen) atoms. The van der Waals surface area contributed by atoms with Crippen molar-refractivity contribution in [2.45, 2.75) is 0 Å². The number of benzene rings is 1. The molecule has 0 spiro atoms. The number of amides is 1. The Kier molecular flexibility index (Phi) is 6.53. The van der Waals surface area contributed by atoms with Gasteiger partial charge in [-0.25, -0.2) is 0 Å². The molecular weight excluding hydrogens is 200 g/mol. The zero-order valence-electron chi connectivity index (χ0n) is 5.87. The number of hydrogen-bond donors (Lipinski definition) is 1. The summed E-state index contributed by atoms with van der Waals surface area (Å²) >= 11 is 0. The van der Waals surface area contributed by atoms with Crippen molar-refractivity contribution < 1.29 is 4.79 Å². The van der Waals surface area contributed by atoms with Gasteiger partial charge in [-0.3, -0.25) is 4.79 Å². The molecule has 1 aromatic rings. The Bertz CT molecular complexity index is 188. The maximum Gasteiger partial charge on any atom is 0.211 e. The molecule has 0 aliphatic heterocycles. The van der Waals surface area contributed by atoms with Crippen LogP contribution in [0, 0.1) is 0 Å². The number of rotatable bonds is 2. The van der Waals surface area contributed by atoms with Crippen molar-refractivity contribution in [1.29, 1.82) is 0 Å². The van der Waals surface area contributed by atoms with Crippen molar-refractivity contribution in [2.24, 2.45) is 0 Å². The molecule has 0 aliphatic rings. The predicted octanol–water partition coefficient (Wildman–Crippen LogP) is 0.874. The molecule has 47 valence electrons. The van der Waals surface area contributed by atoms with Gasteiger partial charge < -0.3 is 5.32 Å². The van der Waals surface area contributed by atoms with E-state index >= 15 is 0 Å². The number of anilines is 1. The summed E-state index contributed by atoms with van der Waals surface area (Å²) in [6.07, 6.45) is 0.662. The van der Waals surface area contributed by atoms with Gasteiger partial charge in [0.05, 0.1) is 0 Å². The molecule has 1 aromatic carbocycles. The smallest absolute Gasteiger partial charge is 0.211 e. The monoisotopic (exact) mass is 206 g/mol. The van der Waals surface area contributed by atoms with Crippen LogP contribution in [0.2, 0.25) is 0 Å². The fraction of sp³-hybridized carbons (Fsp3) is 0. The van der Waals surface area contributed by atoms with E-state index < -0.39 is 0 Å². The van der Waals surface area contributed by atoms with E-state index in [1.807, 2.05) is 30.3 Å². The average Bonchev–Trinajstić information content (AvgIpc) is 1.91. The van der Waals surface area contributed by atoms with Gasteiger partial charge in [0.2, 0.25) is 6.41 Å². The summed E-state index contributed by atoms with van der Waals surface area (Å²) in [5.41, 5.74) is 0.826. The van der Waals surface area contributed by atoms with Gasteiger partial charge in [-0.05, 0) is 12.1 Å². The van der Waals surface area contributed by atoms with E-state index in [9.17, 15) is 4.79 Å². The minimum absolute atomic E-state index is 0. The van der Waals surface area contributed by atoms with Gasteiger partial charge in [-0.15, -0.1) is 0 Å². The Hall–Kier alpha value is 0.495. The van der Waals surface area contributed by atoms with Crippen LogP contribution in [-0.2, 0) is 4.79 Å². The summed E-state index contributed by atoms with van der Waals surface area (Å²) in [6, 6.07) is 9.29. The van der Waals surface area contributed by atoms with Gasteiger partial charge in [0.15, 0.2) is 0 Å². The van der Waals surface area contributed by atoms with Crippen LogP contribution in [0.15, 0.2) is 30.3 Å². The van der Waals surface area contributed by atoms with Crippen LogP contribution < -0.4 is 5.32 Å². The standard InChI is InChI=1S/C7H7NO.Rb/c9-6-8-7-4-2-1-3-5-7;/h1-6H,(H,8,9);. The summed E-state index contributed by atoms with van der Waals surface area (Å²) in [5, 5.41) is 2.53. The summed E-state index contributed by atoms with van der Waals surface area (Å²) in [7, 11) is 0. The number of hydrogen-bond acceptors (Lipinski definition) is 1. The van der Waals surface area contributed by atoms with E-state index in [4.69, 9.17) is 0 Å². The summed E-state index contributed by atoms with van der Waals surface area (Å²) in [6.45, 7) is 0. The maximum atomic E-state index is 9.86. The van der Waals surface area contributed by atoms with Crippen LogP contribution in [0.5, 0.6) is 0 Å². The Balaban J connectivity index is 0.000000810. The second kappa shape index (κ2) is 6.22. The molecule has 0 unspecified atom stereocenters. The minimum Gasteiger partial charge on any atom is -0.329 e. The molecule has 0 fully saturated rings. The van der Waals surface area contributed by atoms with Crippen LogP contribution in [0.4, 0.5) is 5.69 Å². The number of para-hydroxylation sites is 1. The second-order valence-electron chi connectivity index (χ2n) is 1.63. The predicted molar refractivity (Wildman–Crippen MR) is 41.9 cm³/mol.